The third kappa shape index (κ3) is 4.66. The second kappa shape index (κ2) is 8.57. The molecular formula is C13H10ClI2N4OPS. The number of halogens is 3. The zero-order chi connectivity index (χ0) is 16.2. The minimum atomic E-state index is -0.242. The van der Waals surface area contributed by atoms with Gasteiger partial charge in [-0.25, -0.2) is 14.6 Å². The molecule has 3 rings (SSSR count). The van der Waals surface area contributed by atoms with Gasteiger partial charge in [0.2, 0.25) is 0 Å². The van der Waals surface area contributed by atoms with E-state index < -0.39 is 0 Å². The van der Waals surface area contributed by atoms with Gasteiger partial charge >= 0.3 is 0 Å². The second-order valence-electron chi connectivity index (χ2n) is 4.48. The molecule has 0 N–H and O–H groups in total. The van der Waals surface area contributed by atoms with Crippen LogP contribution in [0.15, 0.2) is 42.7 Å². The number of fused-ring (bicyclic) bond motifs is 1. The first kappa shape index (κ1) is 18.1. The highest BCUT2D eigenvalue weighted by atomic mass is 127. The fourth-order valence-electron chi connectivity index (χ4n) is 2.15. The first-order chi connectivity index (χ1) is 11.1. The van der Waals surface area contributed by atoms with Gasteiger partial charge in [-0.2, -0.15) is 5.10 Å². The van der Waals surface area contributed by atoms with Gasteiger partial charge in [-0.05, 0) is 49.6 Å². The van der Waals surface area contributed by atoms with Crippen LogP contribution in [0.2, 0.25) is 5.15 Å². The van der Waals surface area contributed by atoms with Crippen LogP contribution >= 0.6 is 69.8 Å². The van der Waals surface area contributed by atoms with Crippen molar-refractivity contribution >= 4 is 80.9 Å². The number of aromatic nitrogens is 4. The van der Waals surface area contributed by atoms with Crippen LogP contribution in [0.4, 0.5) is 0 Å². The molecule has 0 amide bonds. The second-order valence-corrected chi connectivity index (χ2v) is 22.5. The molecule has 0 aliphatic rings. The lowest BCUT2D eigenvalue weighted by Crippen LogP contribution is -2.17. The van der Waals surface area contributed by atoms with Crippen LogP contribution in [-0.4, -0.2) is 26.4 Å². The van der Waals surface area contributed by atoms with Crippen LogP contribution in [0, 0.1) is 0 Å². The highest BCUT2D eigenvalue weighted by Crippen LogP contribution is 2.65. The van der Waals surface area contributed by atoms with E-state index in [1.807, 2.05) is 22.9 Å². The molecule has 0 aliphatic heterocycles. The van der Waals surface area contributed by atoms with E-state index in [0.717, 1.165) is 5.56 Å². The Balaban J connectivity index is 1.97. The van der Waals surface area contributed by atoms with Gasteiger partial charge in [0.05, 0.1) is 19.0 Å². The normalized spacial score (nSPS) is 12.9. The SMILES string of the molecule is Clc1cnc2cnn([C@@H](COSP(I)I)c3ccccc3)c2n1. The third-order valence-corrected chi connectivity index (χ3v) is 7.17. The average Bonchev–Trinajstić information content (AvgIpc) is 2.95. The lowest BCUT2D eigenvalue weighted by molar-refractivity contribution is 0.309. The number of benzene rings is 1. The van der Waals surface area contributed by atoms with Crippen molar-refractivity contribution in [2.24, 2.45) is 0 Å². The minimum absolute atomic E-state index is 0.0864. The van der Waals surface area contributed by atoms with Crippen molar-refractivity contribution in [2.45, 2.75) is 6.04 Å². The molecule has 1 atom stereocenters. The van der Waals surface area contributed by atoms with Gasteiger partial charge < -0.3 is 4.18 Å². The molecule has 120 valence electrons. The summed E-state index contributed by atoms with van der Waals surface area (Å²) in [5.41, 5.74) is 2.48. The molecule has 0 unspecified atom stereocenters. The monoisotopic (exact) mass is 590 g/mol. The summed E-state index contributed by atoms with van der Waals surface area (Å²) in [4.78, 5) is 8.63. The lowest BCUT2D eigenvalue weighted by Gasteiger charge is -2.18. The van der Waals surface area contributed by atoms with Gasteiger partial charge in [0.15, 0.2) is 5.65 Å². The molecule has 3 aromatic rings. The Labute approximate surface area is 169 Å². The number of hydrogen-bond acceptors (Lipinski definition) is 5. The molecule has 0 radical (unpaired) electrons. The molecule has 5 nitrogen and oxygen atoms in total. The molecule has 0 saturated carbocycles. The molecule has 2 heterocycles. The van der Waals surface area contributed by atoms with Crippen molar-refractivity contribution in [1.82, 2.24) is 19.7 Å². The van der Waals surface area contributed by atoms with Crippen LogP contribution in [-0.2, 0) is 4.18 Å². The van der Waals surface area contributed by atoms with Gasteiger partial charge in [0, 0.05) is 11.7 Å². The van der Waals surface area contributed by atoms with Crippen molar-refractivity contribution < 1.29 is 4.18 Å². The Bertz CT molecular complexity index is 792. The number of rotatable bonds is 6. The lowest BCUT2D eigenvalue weighted by atomic mass is 10.1. The molecule has 0 saturated heterocycles. The van der Waals surface area contributed by atoms with Crippen LogP contribution in [0.1, 0.15) is 11.6 Å². The Kier molecular flexibility index (Phi) is 6.73. The van der Waals surface area contributed by atoms with Gasteiger partial charge in [-0.15, -0.1) is 0 Å². The van der Waals surface area contributed by atoms with E-state index in [1.165, 1.54) is 17.9 Å². The quantitative estimate of drug-likeness (QED) is 0.206. The van der Waals surface area contributed by atoms with E-state index in [-0.39, 0.29) is 8.45 Å². The van der Waals surface area contributed by atoms with E-state index in [9.17, 15) is 0 Å². The van der Waals surface area contributed by atoms with Crippen molar-refractivity contribution in [3.63, 3.8) is 0 Å². The predicted octanol–water partition coefficient (Wildman–Crippen LogP) is 5.83. The average molecular weight is 591 g/mol. The summed E-state index contributed by atoms with van der Waals surface area (Å²) in [6.07, 6.45) is 3.23. The highest BCUT2D eigenvalue weighted by Gasteiger charge is 2.19. The first-order valence-electron chi connectivity index (χ1n) is 6.47. The van der Waals surface area contributed by atoms with E-state index >= 15 is 0 Å². The zero-order valence-electron chi connectivity index (χ0n) is 11.5. The Hall–Kier alpha value is 0.260. The van der Waals surface area contributed by atoms with Crippen LogP contribution in [0.5, 0.6) is 0 Å². The predicted molar refractivity (Wildman–Crippen MR) is 113 cm³/mol. The van der Waals surface area contributed by atoms with Crippen LogP contribution in [0.25, 0.3) is 11.2 Å². The largest absolute Gasteiger partial charge is 0.307 e. The molecule has 10 heteroatoms. The van der Waals surface area contributed by atoms with E-state index in [2.05, 4.69) is 71.3 Å². The van der Waals surface area contributed by atoms with Crippen molar-refractivity contribution in [3.8, 4) is 0 Å². The summed E-state index contributed by atoms with van der Waals surface area (Å²) in [6, 6.07) is 10.0. The molecule has 1 aromatic carbocycles. The highest BCUT2D eigenvalue weighted by molar-refractivity contribution is 14.3. The Morgan fingerprint density at radius 2 is 2.04 bits per heavy atom. The molecule has 0 spiro atoms. The third-order valence-electron chi connectivity index (χ3n) is 3.09. The summed E-state index contributed by atoms with van der Waals surface area (Å²) in [5, 5.41) is 4.81. The van der Waals surface area contributed by atoms with E-state index in [1.54, 1.807) is 6.20 Å². The van der Waals surface area contributed by atoms with Gasteiger partial charge in [-0.3, -0.25) is 0 Å². The van der Waals surface area contributed by atoms with Crippen molar-refractivity contribution in [2.75, 3.05) is 6.61 Å². The molecule has 0 bridgehead atoms. The minimum Gasteiger partial charge on any atom is -0.307 e. The molecule has 0 aliphatic carbocycles. The van der Waals surface area contributed by atoms with Crippen LogP contribution in [0.3, 0.4) is 0 Å². The summed E-state index contributed by atoms with van der Waals surface area (Å²) in [7, 11) is 0. The van der Waals surface area contributed by atoms with Crippen LogP contribution < -0.4 is 0 Å². The summed E-state index contributed by atoms with van der Waals surface area (Å²) in [6.45, 7) is 0.491. The summed E-state index contributed by atoms with van der Waals surface area (Å²) >= 11 is 12.2. The van der Waals surface area contributed by atoms with E-state index in [4.69, 9.17) is 15.8 Å². The van der Waals surface area contributed by atoms with Gasteiger partial charge in [-0.1, -0.05) is 41.9 Å². The van der Waals surface area contributed by atoms with Crippen molar-refractivity contribution in [3.05, 3.63) is 53.4 Å². The maximum Gasteiger partial charge on any atom is 0.178 e. The van der Waals surface area contributed by atoms with Gasteiger partial charge in [0.25, 0.3) is 0 Å². The summed E-state index contributed by atoms with van der Waals surface area (Å²) in [5.74, 6) is 0. The van der Waals surface area contributed by atoms with Crippen molar-refractivity contribution in [1.29, 1.82) is 0 Å². The molecule has 23 heavy (non-hydrogen) atoms. The summed E-state index contributed by atoms with van der Waals surface area (Å²) < 4.78 is 7.39. The zero-order valence-corrected chi connectivity index (χ0v) is 18.3. The smallest absolute Gasteiger partial charge is 0.178 e. The fraction of sp³-hybridized carbons (Fsp3) is 0.154. The Morgan fingerprint density at radius 3 is 2.78 bits per heavy atom. The molecule has 2 aromatic heterocycles. The topological polar surface area (TPSA) is 52.8 Å². The maximum absolute atomic E-state index is 5.99. The molecule has 0 fully saturated rings. The number of nitrogens with zero attached hydrogens (tertiary/aromatic N) is 4. The number of hydrogen-bond donors (Lipinski definition) is 0. The van der Waals surface area contributed by atoms with E-state index in [0.29, 0.717) is 22.9 Å². The first-order valence-corrected chi connectivity index (χ1v) is 15.1. The fourth-order valence-corrected chi connectivity index (χ4v) is 5.01. The standard InChI is InChI=1S/C13H10ClI2N4OPS/c14-12-7-17-10-6-18-20(13(10)19-12)11(8-21-23-22(15)16)9-4-2-1-3-5-9/h1-7,11H,8H2/t11-/m0/s1. The van der Waals surface area contributed by atoms with Gasteiger partial charge in [0.1, 0.15) is 19.1 Å². The Morgan fingerprint density at radius 1 is 1.26 bits per heavy atom. The maximum atomic E-state index is 5.99. The molecular weight excluding hydrogens is 580 g/mol.